The molecule has 0 bridgehead atoms. The van der Waals surface area contributed by atoms with E-state index in [-0.39, 0.29) is 17.9 Å². The molecule has 0 aliphatic carbocycles. The normalized spacial score (nSPS) is 13.1. The van der Waals surface area contributed by atoms with Gasteiger partial charge in [-0.25, -0.2) is 9.50 Å². The van der Waals surface area contributed by atoms with Gasteiger partial charge in [0, 0.05) is 23.0 Å². The molecule has 1 unspecified atom stereocenters. The molecule has 1 atom stereocenters. The molecule has 3 heterocycles. The van der Waals surface area contributed by atoms with E-state index in [1.54, 1.807) is 55.4 Å². The fraction of sp³-hybridized carbons (Fsp3) is 0.273. The van der Waals surface area contributed by atoms with Crippen molar-refractivity contribution in [2.45, 2.75) is 32.4 Å². The van der Waals surface area contributed by atoms with E-state index in [0.29, 0.717) is 39.8 Å². The van der Waals surface area contributed by atoms with Gasteiger partial charge in [0.25, 0.3) is 5.91 Å². The number of amides is 1. The Morgan fingerprint density at radius 1 is 1.39 bits per heavy atom. The maximum atomic E-state index is 13.2. The summed E-state index contributed by atoms with van der Waals surface area (Å²) in [6.45, 7) is 3.79. The third kappa shape index (κ3) is 4.35. The third-order valence-electron chi connectivity index (χ3n) is 5.41. The monoisotopic (exact) mass is 469 g/mol. The SMILES string of the molecule is CCC(C)(O)Cn1ncc(NC(=O)c2c(N)nn3cccnc23)c1-c1cc(Cl)ccc1OC. The highest BCUT2D eigenvalue weighted by Crippen LogP contribution is 2.38. The van der Waals surface area contributed by atoms with E-state index in [1.807, 2.05) is 6.92 Å². The maximum Gasteiger partial charge on any atom is 0.263 e. The fourth-order valence-corrected chi connectivity index (χ4v) is 3.66. The zero-order valence-corrected chi connectivity index (χ0v) is 19.2. The van der Waals surface area contributed by atoms with Gasteiger partial charge in [-0.1, -0.05) is 18.5 Å². The number of carbonyl (C=O) groups excluding carboxylic acids is 1. The average Bonchev–Trinajstić information content (AvgIpc) is 3.32. The van der Waals surface area contributed by atoms with Crippen LogP contribution < -0.4 is 15.8 Å². The zero-order valence-electron chi connectivity index (χ0n) is 18.4. The van der Waals surface area contributed by atoms with Crippen molar-refractivity contribution in [2.24, 2.45) is 0 Å². The molecule has 3 aromatic heterocycles. The first-order valence-electron chi connectivity index (χ1n) is 10.3. The second-order valence-corrected chi connectivity index (χ2v) is 8.30. The topological polar surface area (TPSA) is 133 Å². The number of hydrogen-bond acceptors (Lipinski definition) is 7. The maximum absolute atomic E-state index is 13.2. The summed E-state index contributed by atoms with van der Waals surface area (Å²) in [5.41, 5.74) is 6.98. The summed E-state index contributed by atoms with van der Waals surface area (Å²) in [5, 5.41) is 22.6. The van der Waals surface area contributed by atoms with E-state index in [0.717, 1.165) is 0 Å². The van der Waals surface area contributed by atoms with Crippen molar-refractivity contribution < 1.29 is 14.6 Å². The Morgan fingerprint density at radius 2 is 2.18 bits per heavy atom. The minimum Gasteiger partial charge on any atom is -0.496 e. The molecule has 0 aliphatic heterocycles. The molecule has 10 nitrogen and oxygen atoms in total. The van der Waals surface area contributed by atoms with Gasteiger partial charge < -0.3 is 20.9 Å². The van der Waals surface area contributed by atoms with E-state index >= 15 is 0 Å². The van der Waals surface area contributed by atoms with Crippen LogP contribution in [0.15, 0.2) is 42.9 Å². The number of methoxy groups -OCH3 is 1. The second kappa shape index (κ2) is 8.72. The first-order valence-corrected chi connectivity index (χ1v) is 10.6. The number of carbonyl (C=O) groups is 1. The minimum absolute atomic E-state index is 0.0504. The number of ether oxygens (including phenoxy) is 1. The predicted octanol–water partition coefficient (Wildman–Crippen LogP) is 3.25. The van der Waals surface area contributed by atoms with Gasteiger partial charge in [-0.3, -0.25) is 9.48 Å². The first-order chi connectivity index (χ1) is 15.7. The lowest BCUT2D eigenvalue weighted by molar-refractivity contribution is 0.0350. The molecule has 0 aliphatic rings. The molecule has 4 rings (SSSR count). The molecule has 33 heavy (non-hydrogen) atoms. The van der Waals surface area contributed by atoms with Crippen LogP contribution in [-0.4, -0.2) is 48.1 Å². The lowest BCUT2D eigenvalue weighted by Gasteiger charge is -2.23. The summed E-state index contributed by atoms with van der Waals surface area (Å²) < 4.78 is 8.58. The van der Waals surface area contributed by atoms with Crippen LogP contribution in [0.1, 0.15) is 30.6 Å². The van der Waals surface area contributed by atoms with Crippen molar-refractivity contribution in [1.82, 2.24) is 24.4 Å². The van der Waals surface area contributed by atoms with Crippen molar-refractivity contribution >= 4 is 34.7 Å². The number of fused-ring (bicyclic) bond motifs is 1. The number of benzene rings is 1. The molecule has 0 radical (unpaired) electrons. The Bertz CT molecular complexity index is 1330. The standard InChI is InChI=1S/C22H24ClN7O3/c1-4-22(2,32)12-30-18(14-10-13(23)6-7-16(14)33-3)15(11-26-30)27-21(31)17-19(24)28-29-9-5-8-25-20(17)29/h5-11,32H,4,12H2,1-3H3,(H2,24,28)(H,27,31). The number of aromatic nitrogens is 5. The van der Waals surface area contributed by atoms with Crippen LogP contribution in [0.25, 0.3) is 16.9 Å². The van der Waals surface area contributed by atoms with E-state index in [1.165, 1.54) is 10.7 Å². The molecule has 0 saturated heterocycles. The number of halogens is 1. The van der Waals surface area contributed by atoms with Crippen LogP contribution in [0.4, 0.5) is 11.5 Å². The lowest BCUT2D eigenvalue weighted by Crippen LogP contribution is -2.30. The molecular formula is C22H24ClN7O3. The summed E-state index contributed by atoms with van der Waals surface area (Å²) in [6, 6.07) is 6.84. The molecule has 0 fully saturated rings. The molecule has 172 valence electrons. The number of rotatable bonds is 7. The van der Waals surface area contributed by atoms with Crippen LogP contribution in [0.2, 0.25) is 5.02 Å². The number of nitrogens with zero attached hydrogens (tertiary/aromatic N) is 5. The first kappa shape index (κ1) is 22.6. The predicted molar refractivity (Wildman–Crippen MR) is 125 cm³/mol. The number of aliphatic hydroxyl groups is 1. The quantitative estimate of drug-likeness (QED) is 0.378. The van der Waals surface area contributed by atoms with Crippen molar-refractivity contribution in [3.63, 3.8) is 0 Å². The highest BCUT2D eigenvalue weighted by Gasteiger charge is 2.26. The zero-order chi connectivity index (χ0) is 23.8. The van der Waals surface area contributed by atoms with E-state index in [9.17, 15) is 9.90 Å². The summed E-state index contributed by atoms with van der Waals surface area (Å²) in [5.74, 6) is 0.0876. The largest absolute Gasteiger partial charge is 0.496 e. The molecule has 0 spiro atoms. The van der Waals surface area contributed by atoms with Gasteiger partial charge in [-0.05, 0) is 37.6 Å². The molecular weight excluding hydrogens is 446 g/mol. The number of nitrogen functional groups attached to an aromatic ring is 1. The van der Waals surface area contributed by atoms with E-state index in [4.69, 9.17) is 22.1 Å². The van der Waals surface area contributed by atoms with Gasteiger partial charge in [0.2, 0.25) is 0 Å². The number of hydrogen-bond donors (Lipinski definition) is 3. The number of anilines is 2. The minimum atomic E-state index is -1.02. The van der Waals surface area contributed by atoms with Gasteiger partial charge in [0.1, 0.15) is 11.3 Å². The third-order valence-corrected chi connectivity index (χ3v) is 5.64. The number of nitrogens with two attached hydrogens (primary N) is 1. The van der Waals surface area contributed by atoms with E-state index < -0.39 is 11.5 Å². The van der Waals surface area contributed by atoms with Gasteiger partial charge >= 0.3 is 0 Å². The van der Waals surface area contributed by atoms with Gasteiger partial charge in [0.15, 0.2) is 11.5 Å². The Morgan fingerprint density at radius 3 is 2.91 bits per heavy atom. The van der Waals surface area contributed by atoms with Crippen molar-refractivity contribution in [2.75, 3.05) is 18.2 Å². The second-order valence-electron chi connectivity index (χ2n) is 7.86. The molecule has 1 amide bonds. The van der Waals surface area contributed by atoms with Crippen LogP contribution in [0, 0.1) is 0 Å². The summed E-state index contributed by atoms with van der Waals surface area (Å²) in [7, 11) is 1.54. The summed E-state index contributed by atoms with van der Waals surface area (Å²) in [6.07, 6.45) is 5.23. The van der Waals surface area contributed by atoms with Crippen molar-refractivity contribution in [1.29, 1.82) is 0 Å². The van der Waals surface area contributed by atoms with Crippen molar-refractivity contribution in [3.8, 4) is 17.0 Å². The van der Waals surface area contributed by atoms with E-state index in [2.05, 4.69) is 20.5 Å². The molecule has 0 saturated carbocycles. The average molecular weight is 470 g/mol. The highest BCUT2D eigenvalue weighted by atomic mass is 35.5. The van der Waals surface area contributed by atoms with Crippen LogP contribution in [0.3, 0.4) is 0 Å². The Hall–Kier alpha value is -3.63. The fourth-order valence-electron chi connectivity index (χ4n) is 3.49. The van der Waals surface area contributed by atoms with Crippen LogP contribution in [0.5, 0.6) is 5.75 Å². The van der Waals surface area contributed by atoms with Gasteiger partial charge in [-0.15, -0.1) is 5.10 Å². The number of nitrogens with one attached hydrogen (secondary N) is 1. The molecule has 1 aromatic carbocycles. The highest BCUT2D eigenvalue weighted by molar-refractivity contribution is 6.31. The Labute approximate surface area is 194 Å². The molecule has 4 N–H and O–H groups in total. The van der Waals surface area contributed by atoms with Crippen molar-refractivity contribution in [3.05, 3.63) is 53.4 Å². The Kier molecular flexibility index (Phi) is 5.96. The van der Waals surface area contributed by atoms with Crippen LogP contribution in [-0.2, 0) is 6.54 Å². The van der Waals surface area contributed by atoms with Crippen LogP contribution >= 0.6 is 11.6 Å². The smallest absolute Gasteiger partial charge is 0.263 e. The lowest BCUT2D eigenvalue weighted by atomic mass is 10.0. The summed E-state index contributed by atoms with van der Waals surface area (Å²) in [4.78, 5) is 17.5. The molecule has 4 aromatic rings. The van der Waals surface area contributed by atoms with Gasteiger partial charge in [0.05, 0.1) is 36.8 Å². The Balaban J connectivity index is 1.82. The van der Waals surface area contributed by atoms with Gasteiger partial charge in [-0.2, -0.15) is 5.10 Å². The summed E-state index contributed by atoms with van der Waals surface area (Å²) >= 11 is 6.27. The molecule has 11 heteroatoms.